The van der Waals surface area contributed by atoms with Crippen molar-refractivity contribution in [3.63, 3.8) is 0 Å². The van der Waals surface area contributed by atoms with E-state index in [0.29, 0.717) is 0 Å². The molecular weight excluding hydrogens is 330 g/mol. The van der Waals surface area contributed by atoms with E-state index in [1.165, 1.54) is 49.6 Å². The SMILES string of the molecule is COC(=O)c1ccc(C(=O)NNC(=O)c2cccc([N+](=O)[O-])c2)cc1. The van der Waals surface area contributed by atoms with Crippen molar-refractivity contribution in [1.29, 1.82) is 0 Å². The van der Waals surface area contributed by atoms with Gasteiger partial charge in [-0.3, -0.25) is 30.6 Å². The van der Waals surface area contributed by atoms with Crippen LogP contribution in [-0.4, -0.2) is 29.8 Å². The Morgan fingerprint density at radius 2 is 1.48 bits per heavy atom. The number of nitrogens with one attached hydrogen (secondary N) is 2. The van der Waals surface area contributed by atoms with Gasteiger partial charge in [0.2, 0.25) is 0 Å². The molecule has 0 atom stereocenters. The molecule has 0 saturated heterocycles. The number of benzene rings is 2. The third-order valence-corrected chi connectivity index (χ3v) is 3.18. The summed E-state index contributed by atoms with van der Waals surface area (Å²) < 4.78 is 4.55. The maximum absolute atomic E-state index is 12.0. The second-order valence-corrected chi connectivity index (χ2v) is 4.78. The first kappa shape index (κ1) is 17.6. The van der Waals surface area contributed by atoms with E-state index < -0.39 is 22.7 Å². The second-order valence-electron chi connectivity index (χ2n) is 4.78. The molecule has 0 spiro atoms. The number of hydrazine groups is 1. The van der Waals surface area contributed by atoms with E-state index in [2.05, 4.69) is 15.6 Å². The van der Waals surface area contributed by atoms with Gasteiger partial charge in [-0.25, -0.2) is 4.79 Å². The number of methoxy groups -OCH3 is 1. The van der Waals surface area contributed by atoms with Crippen LogP contribution in [0.3, 0.4) is 0 Å². The summed E-state index contributed by atoms with van der Waals surface area (Å²) in [6.45, 7) is 0. The topological polar surface area (TPSA) is 128 Å². The van der Waals surface area contributed by atoms with Gasteiger partial charge in [0, 0.05) is 23.3 Å². The van der Waals surface area contributed by atoms with E-state index in [0.717, 1.165) is 6.07 Å². The van der Waals surface area contributed by atoms with Crippen molar-refractivity contribution in [2.75, 3.05) is 7.11 Å². The molecule has 2 amide bonds. The molecule has 0 saturated carbocycles. The van der Waals surface area contributed by atoms with E-state index in [1.807, 2.05) is 0 Å². The van der Waals surface area contributed by atoms with Crippen LogP contribution in [0.1, 0.15) is 31.1 Å². The Bertz CT molecular complexity index is 832. The average Bonchev–Trinajstić information content (AvgIpc) is 2.65. The minimum atomic E-state index is -0.705. The lowest BCUT2D eigenvalue weighted by Gasteiger charge is -2.08. The van der Waals surface area contributed by atoms with Crippen molar-refractivity contribution in [3.8, 4) is 0 Å². The number of ether oxygens (including phenoxy) is 1. The molecule has 0 radical (unpaired) electrons. The molecule has 0 aliphatic carbocycles. The minimum absolute atomic E-state index is 0.0236. The fourth-order valence-electron chi connectivity index (χ4n) is 1.89. The lowest BCUT2D eigenvalue weighted by molar-refractivity contribution is -0.384. The largest absolute Gasteiger partial charge is 0.465 e. The molecule has 0 aliphatic rings. The minimum Gasteiger partial charge on any atom is -0.465 e. The van der Waals surface area contributed by atoms with Crippen molar-refractivity contribution in [2.24, 2.45) is 0 Å². The number of nitrogens with zero attached hydrogens (tertiary/aromatic N) is 1. The molecule has 2 N–H and O–H groups in total. The molecule has 0 unspecified atom stereocenters. The zero-order valence-corrected chi connectivity index (χ0v) is 13.0. The molecule has 0 bridgehead atoms. The van der Waals surface area contributed by atoms with Gasteiger partial charge in [0.1, 0.15) is 0 Å². The van der Waals surface area contributed by atoms with Crippen LogP contribution in [0.15, 0.2) is 48.5 Å². The van der Waals surface area contributed by atoms with Gasteiger partial charge < -0.3 is 4.74 Å². The van der Waals surface area contributed by atoms with Crippen LogP contribution in [0.2, 0.25) is 0 Å². The Morgan fingerprint density at radius 1 is 0.920 bits per heavy atom. The Hall–Kier alpha value is -3.75. The normalized spacial score (nSPS) is 9.80. The third-order valence-electron chi connectivity index (χ3n) is 3.18. The van der Waals surface area contributed by atoms with E-state index in [-0.39, 0.29) is 22.4 Å². The smallest absolute Gasteiger partial charge is 0.337 e. The fraction of sp³-hybridized carbons (Fsp3) is 0.0625. The number of amides is 2. The lowest BCUT2D eigenvalue weighted by Crippen LogP contribution is -2.41. The molecular formula is C16H13N3O6. The summed E-state index contributed by atoms with van der Waals surface area (Å²) in [5.41, 5.74) is 4.61. The summed E-state index contributed by atoms with van der Waals surface area (Å²) in [5, 5.41) is 10.7. The van der Waals surface area contributed by atoms with Gasteiger partial charge in [0.05, 0.1) is 17.6 Å². The monoisotopic (exact) mass is 343 g/mol. The average molecular weight is 343 g/mol. The number of esters is 1. The van der Waals surface area contributed by atoms with Crippen LogP contribution >= 0.6 is 0 Å². The molecule has 128 valence electrons. The second kappa shape index (κ2) is 7.68. The first-order chi connectivity index (χ1) is 11.9. The standard InChI is InChI=1S/C16H13N3O6/c1-25-16(22)11-7-5-10(6-8-11)14(20)17-18-15(21)12-3-2-4-13(9-12)19(23)24/h2-9H,1H3,(H,17,20)(H,18,21). The van der Waals surface area contributed by atoms with Crippen LogP contribution in [0.5, 0.6) is 0 Å². The molecule has 9 nitrogen and oxygen atoms in total. The van der Waals surface area contributed by atoms with E-state index in [1.54, 1.807) is 0 Å². The highest BCUT2D eigenvalue weighted by Crippen LogP contribution is 2.12. The number of non-ortho nitro benzene ring substituents is 1. The first-order valence-corrected chi connectivity index (χ1v) is 6.96. The van der Waals surface area contributed by atoms with E-state index in [9.17, 15) is 24.5 Å². The van der Waals surface area contributed by atoms with Gasteiger partial charge in [0.15, 0.2) is 0 Å². The summed E-state index contributed by atoms with van der Waals surface area (Å²) in [4.78, 5) is 45.3. The molecule has 2 aromatic carbocycles. The van der Waals surface area contributed by atoms with Crippen molar-refractivity contribution >= 4 is 23.5 Å². The maximum atomic E-state index is 12.0. The van der Waals surface area contributed by atoms with Crippen molar-refractivity contribution < 1.29 is 24.0 Å². The van der Waals surface area contributed by atoms with Gasteiger partial charge in [-0.1, -0.05) is 6.07 Å². The number of nitro benzene ring substituents is 1. The summed E-state index contributed by atoms with van der Waals surface area (Å²) in [7, 11) is 1.24. The van der Waals surface area contributed by atoms with Crippen LogP contribution < -0.4 is 10.9 Å². The van der Waals surface area contributed by atoms with E-state index >= 15 is 0 Å². The molecule has 0 fully saturated rings. The summed E-state index contributed by atoms with van der Waals surface area (Å²) in [5.74, 6) is -1.86. The maximum Gasteiger partial charge on any atom is 0.337 e. The Labute approximate surface area is 141 Å². The lowest BCUT2D eigenvalue weighted by atomic mass is 10.1. The molecule has 2 aromatic rings. The highest BCUT2D eigenvalue weighted by atomic mass is 16.6. The van der Waals surface area contributed by atoms with Crippen LogP contribution in [0.25, 0.3) is 0 Å². The Morgan fingerprint density at radius 3 is 2.04 bits per heavy atom. The van der Waals surface area contributed by atoms with Crippen LogP contribution in [0, 0.1) is 10.1 Å². The van der Waals surface area contributed by atoms with Gasteiger partial charge in [0.25, 0.3) is 17.5 Å². The van der Waals surface area contributed by atoms with Crippen LogP contribution in [0.4, 0.5) is 5.69 Å². The molecule has 0 aromatic heterocycles. The zero-order chi connectivity index (χ0) is 18.4. The molecule has 0 heterocycles. The quantitative estimate of drug-likeness (QED) is 0.491. The van der Waals surface area contributed by atoms with Crippen molar-refractivity contribution in [3.05, 3.63) is 75.3 Å². The molecule has 25 heavy (non-hydrogen) atoms. The third kappa shape index (κ3) is 4.38. The predicted molar refractivity (Wildman–Crippen MR) is 85.8 cm³/mol. The van der Waals surface area contributed by atoms with Crippen molar-refractivity contribution in [1.82, 2.24) is 10.9 Å². The van der Waals surface area contributed by atoms with Crippen molar-refractivity contribution in [2.45, 2.75) is 0 Å². The van der Waals surface area contributed by atoms with Crippen LogP contribution in [-0.2, 0) is 4.74 Å². The van der Waals surface area contributed by atoms with Gasteiger partial charge in [-0.15, -0.1) is 0 Å². The highest BCUT2D eigenvalue weighted by Gasteiger charge is 2.13. The summed E-state index contributed by atoms with van der Waals surface area (Å²) in [6, 6.07) is 10.7. The van der Waals surface area contributed by atoms with E-state index in [4.69, 9.17) is 0 Å². The Kier molecular flexibility index (Phi) is 5.41. The van der Waals surface area contributed by atoms with Gasteiger partial charge in [-0.2, -0.15) is 0 Å². The summed E-state index contributed by atoms with van der Waals surface area (Å²) in [6.07, 6.45) is 0. The summed E-state index contributed by atoms with van der Waals surface area (Å²) >= 11 is 0. The number of hydrogen-bond donors (Lipinski definition) is 2. The number of hydrogen-bond acceptors (Lipinski definition) is 6. The highest BCUT2D eigenvalue weighted by molar-refractivity contribution is 6.00. The number of rotatable bonds is 4. The fourth-order valence-corrected chi connectivity index (χ4v) is 1.89. The molecule has 0 aliphatic heterocycles. The molecule has 2 rings (SSSR count). The Balaban J connectivity index is 1.99. The number of carbonyl (C=O) groups is 3. The van der Waals surface area contributed by atoms with Gasteiger partial charge in [-0.05, 0) is 30.3 Å². The number of nitro groups is 1. The zero-order valence-electron chi connectivity index (χ0n) is 13.0. The first-order valence-electron chi connectivity index (χ1n) is 6.96. The molecule has 9 heteroatoms. The van der Waals surface area contributed by atoms with Gasteiger partial charge >= 0.3 is 5.97 Å². The number of carbonyl (C=O) groups excluding carboxylic acids is 3. The predicted octanol–water partition coefficient (Wildman–Crippen LogP) is 1.46.